The molecule has 1 aromatic rings. The van der Waals surface area contributed by atoms with Gasteiger partial charge in [-0.25, -0.2) is 18.2 Å². The van der Waals surface area contributed by atoms with Gasteiger partial charge in [0.05, 0.1) is 0 Å². The molecule has 0 aliphatic carbocycles. The number of halogens is 1. The van der Waals surface area contributed by atoms with Crippen molar-refractivity contribution in [3.05, 3.63) is 23.5 Å². The van der Waals surface area contributed by atoms with Gasteiger partial charge in [0.25, 0.3) is 5.91 Å². The molecule has 2 aliphatic heterocycles. The Labute approximate surface area is 181 Å². The lowest BCUT2D eigenvalue weighted by atomic mass is 9.94. The van der Waals surface area contributed by atoms with E-state index in [2.05, 4.69) is 0 Å². The molecule has 9 nitrogen and oxygen atoms in total. The Balaban J connectivity index is 1.76. The second-order valence-electron chi connectivity index (χ2n) is 8.97. The molecular formula is C20H28FN3O6S. The summed E-state index contributed by atoms with van der Waals surface area (Å²) in [6.07, 6.45) is 2.56. The molecule has 1 atom stereocenters. The molecule has 0 spiro atoms. The highest BCUT2D eigenvalue weighted by molar-refractivity contribution is 7.92. The van der Waals surface area contributed by atoms with Crippen molar-refractivity contribution in [3.63, 3.8) is 0 Å². The van der Waals surface area contributed by atoms with Crippen LogP contribution in [0.5, 0.6) is 5.75 Å². The Kier molecular flexibility index (Phi) is 6.35. The number of rotatable bonds is 3. The number of nitrogens with one attached hydrogen (secondary N) is 1. The van der Waals surface area contributed by atoms with Gasteiger partial charge in [0.1, 0.15) is 23.6 Å². The molecule has 0 saturated carbocycles. The quantitative estimate of drug-likeness (QED) is 0.720. The maximum absolute atomic E-state index is 14.8. The molecule has 2 heterocycles. The normalized spacial score (nSPS) is 21.5. The summed E-state index contributed by atoms with van der Waals surface area (Å²) < 4.78 is 46.5. The smallest absolute Gasteiger partial charge is 0.410 e. The number of carbonyl (C=O) groups is 2. The van der Waals surface area contributed by atoms with E-state index in [1.165, 1.54) is 6.07 Å². The lowest BCUT2D eigenvalue weighted by Crippen LogP contribution is -2.39. The van der Waals surface area contributed by atoms with Gasteiger partial charge in [-0.3, -0.25) is 4.79 Å². The Morgan fingerprint density at radius 1 is 1.32 bits per heavy atom. The van der Waals surface area contributed by atoms with Crippen molar-refractivity contribution in [2.75, 3.05) is 23.9 Å². The van der Waals surface area contributed by atoms with E-state index in [0.29, 0.717) is 29.4 Å². The van der Waals surface area contributed by atoms with Crippen molar-refractivity contribution in [1.29, 1.82) is 0 Å². The highest BCUT2D eigenvalue weighted by Crippen LogP contribution is 2.35. The third-order valence-corrected chi connectivity index (χ3v) is 6.50. The predicted octanol–water partition coefficient (Wildman–Crippen LogP) is 2.29. The Morgan fingerprint density at radius 3 is 2.61 bits per heavy atom. The van der Waals surface area contributed by atoms with Gasteiger partial charge in [-0.2, -0.15) is 8.42 Å². The molecule has 2 saturated heterocycles. The van der Waals surface area contributed by atoms with E-state index >= 15 is 0 Å². The summed E-state index contributed by atoms with van der Waals surface area (Å²) in [5.41, 5.74) is -0.681. The van der Waals surface area contributed by atoms with Gasteiger partial charge in [-0.15, -0.1) is 0 Å². The highest BCUT2D eigenvalue weighted by Gasteiger charge is 2.37. The van der Waals surface area contributed by atoms with Gasteiger partial charge < -0.3 is 14.7 Å². The van der Waals surface area contributed by atoms with E-state index < -0.39 is 45.5 Å². The Bertz CT molecular complexity index is 953. The van der Waals surface area contributed by atoms with Gasteiger partial charge in [-0.1, -0.05) is 6.42 Å². The van der Waals surface area contributed by atoms with E-state index in [0.717, 1.165) is 25.3 Å². The number of carbonyl (C=O) groups excluding carboxylic acids is 2. The lowest BCUT2D eigenvalue weighted by molar-refractivity contribution is -0.117. The molecule has 11 heteroatoms. The van der Waals surface area contributed by atoms with Crippen LogP contribution in [0.1, 0.15) is 45.6 Å². The molecule has 0 bridgehead atoms. The van der Waals surface area contributed by atoms with Crippen LogP contribution in [0.15, 0.2) is 12.1 Å². The minimum atomic E-state index is -4.24. The minimum Gasteiger partial charge on any atom is -0.506 e. The van der Waals surface area contributed by atoms with E-state index in [1.807, 2.05) is 0 Å². The van der Waals surface area contributed by atoms with Gasteiger partial charge in [0, 0.05) is 13.1 Å². The highest BCUT2D eigenvalue weighted by atomic mass is 32.2. The number of anilines is 1. The van der Waals surface area contributed by atoms with E-state index in [9.17, 15) is 27.5 Å². The van der Waals surface area contributed by atoms with Crippen LogP contribution in [0.3, 0.4) is 0 Å². The number of amides is 2. The molecule has 172 valence electrons. The summed E-state index contributed by atoms with van der Waals surface area (Å²) >= 11 is 0. The first-order valence-electron chi connectivity index (χ1n) is 10.2. The average Bonchev–Trinajstić information content (AvgIpc) is 2.77. The summed E-state index contributed by atoms with van der Waals surface area (Å²) in [7, 11) is -4.24. The second kappa shape index (κ2) is 8.52. The zero-order chi connectivity index (χ0) is 23.0. The molecule has 1 unspecified atom stereocenters. The van der Waals surface area contributed by atoms with Crippen LogP contribution < -0.4 is 9.03 Å². The van der Waals surface area contributed by atoms with Gasteiger partial charge in [0.2, 0.25) is 0 Å². The number of benzene rings is 1. The molecule has 0 radical (unpaired) electrons. The van der Waals surface area contributed by atoms with Crippen molar-refractivity contribution >= 4 is 27.9 Å². The van der Waals surface area contributed by atoms with Crippen molar-refractivity contribution < 1.29 is 32.2 Å². The standard InChI is InChI=1S/C20H28FN3O6S/c1-20(2,3)30-19(27)23-7-5-4-6-13(11-23)8-14-9-15(21)18(16(25)10-14)24-12-17(26)22-31(24,28)29/h9-10,13,25H,4-8,11-12H2,1-3H3,(H,22,26). The average molecular weight is 458 g/mol. The van der Waals surface area contributed by atoms with Crippen molar-refractivity contribution in [2.24, 2.45) is 5.92 Å². The van der Waals surface area contributed by atoms with Crippen LogP contribution in [0.4, 0.5) is 14.9 Å². The third-order valence-electron chi connectivity index (χ3n) is 5.12. The largest absolute Gasteiger partial charge is 0.506 e. The fourth-order valence-corrected chi connectivity index (χ4v) is 5.04. The Hall–Kier alpha value is -2.56. The molecule has 1 aromatic carbocycles. The van der Waals surface area contributed by atoms with Crippen molar-refractivity contribution in [3.8, 4) is 5.75 Å². The number of hydrogen-bond donors (Lipinski definition) is 2. The summed E-state index contributed by atoms with van der Waals surface area (Å²) in [5.74, 6) is -2.28. The molecule has 2 fully saturated rings. The van der Waals surface area contributed by atoms with Crippen LogP contribution in [-0.4, -0.2) is 55.7 Å². The van der Waals surface area contributed by atoms with Crippen LogP contribution in [0.2, 0.25) is 0 Å². The van der Waals surface area contributed by atoms with Crippen LogP contribution in [0, 0.1) is 11.7 Å². The fourth-order valence-electron chi connectivity index (χ4n) is 3.87. The van der Waals surface area contributed by atoms with E-state index in [4.69, 9.17) is 4.74 Å². The van der Waals surface area contributed by atoms with Gasteiger partial charge in [0.15, 0.2) is 5.82 Å². The maximum Gasteiger partial charge on any atom is 0.410 e. The summed E-state index contributed by atoms with van der Waals surface area (Å²) in [4.78, 5) is 25.5. The second-order valence-corrected chi connectivity index (χ2v) is 10.6. The number of nitrogens with zero attached hydrogens (tertiary/aromatic N) is 2. The van der Waals surface area contributed by atoms with Crippen LogP contribution >= 0.6 is 0 Å². The first-order chi connectivity index (χ1) is 14.4. The summed E-state index contributed by atoms with van der Waals surface area (Å²) in [6, 6.07) is 2.47. The van der Waals surface area contributed by atoms with Crippen LogP contribution in [0.25, 0.3) is 0 Å². The molecule has 0 aromatic heterocycles. The predicted molar refractivity (Wildman–Crippen MR) is 111 cm³/mol. The molecule has 2 amide bonds. The molecule has 2 N–H and O–H groups in total. The summed E-state index contributed by atoms with van der Waals surface area (Å²) in [6.45, 7) is 5.83. The molecule has 31 heavy (non-hydrogen) atoms. The number of ether oxygens (including phenoxy) is 1. The van der Waals surface area contributed by atoms with Crippen LogP contribution in [-0.2, 0) is 26.2 Å². The lowest BCUT2D eigenvalue weighted by Gasteiger charge is -2.28. The molecular weight excluding hydrogens is 429 g/mol. The number of likely N-dealkylation sites (tertiary alicyclic amines) is 1. The molecule has 2 aliphatic rings. The van der Waals surface area contributed by atoms with Gasteiger partial charge >= 0.3 is 16.3 Å². The van der Waals surface area contributed by atoms with Crippen molar-refractivity contribution in [1.82, 2.24) is 9.62 Å². The first-order valence-corrected chi connectivity index (χ1v) is 11.6. The number of phenols is 1. The maximum atomic E-state index is 14.8. The first kappa shape index (κ1) is 23.1. The van der Waals surface area contributed by atoms with Gasteiger partial charge in [-0.05, 0) is 63.6 Å². The fraction of sp³-hybridized carbons (Fsp3) is 0.600. The zero-order valence-corrected chi connectivity index (χ0v) is 18.7. The summed E-state index contributed by atoms with van der Waals surface area (Å²) in [5, 5.41) is 10.3. The number of aromatic hydroxyl groups is 1. The van der Waals surface area contributed by atoms with E-state index in [1.54, 1.807) is 30.4 Å². The topological polar surface area (TPSA) is 116 Å². The number of hydrogen-bond acceptors (Lipinski definition) is 6. The Morgan fingerprint density at radius 2 is 2.03 bits per heavy atom. The monoisotopic (exact) mass is 457 g/mol. The zero-order valence-electron chi connectivity index (χ0n) is 17.9. The van der Waals surface area contributed by atoms with E-state index in [-0.39, 0.29) is 12.0 Å². The minimum absolute atomic E-state index is 0.0263. The van der Waals surface area contributed by atoms with Crippen molar-refractivity contribution in [2.45, 2.75) is 52.1 Å². The number of phenolic OH excluding ortho intramolecular Hbond substituents is 1. The SMILES string of the molecule is CC(C)(C)OC(=O)N1CCCCC(Cc2cc(O)c(N3CC(=O)NS3(=O)=O)c(F)c2)C1. The molecule has 3 rings (SSSR count). The third kappa shape index (κ3) is 5.57.